The third-order valence-corrected chi connectivity index (χ3v) is 3.92. The average molecular weight is 285 g/mol. The summed E-state index contributed by atoms with van der Waals surface area (Å²) in [6, 6.07) is 10.5. The summed E-state index contributed by atoms with van der Waals surface area (Å²) in [5.41, 5.74) is 2.73. The minimum Gasteiger partial charge on any atom is -0.360 e. The lowest BCUT2D eigenvalue weighted by molar-refractivity contribution is -0.117. The molecular formula is C16H19N3O2. The van der Waals surface area contributed by atoms with E-state index in [1.165, 1.54) is 11.1 Å². The van der Waals surface area contributed by atoms with Gasteiger partial charge in [0, 0.05) is 12.1 Å². The molecule has 1 aliphatic rings. The van der Waals surface area contributed by atoms with Crippen molar-refractivity contribution in [1.29, 1.82) is 0 Å². The van der Waals surface area contributed by atoms with Crippen LogP contribution >= 0.6 is 0 Å². The third kappa shape index (κ3) is 2.97. The molecule has 0 radical (unpaired) electrons. The zero-order valence-electron chi connectivity index (χ0n) is 12.3. The Morgan fingerprint density at radius 3 is 3.05 bits per heavy atom. The van der Waals surface area contributed by atoms with Gasteiger partial charge in [-0.15, -0.1) is 0 Å². The van der Waals surface area contributed by atoms with E-state index in [9.17, 15) is 4.79 Å². The highest BCUT2D eigenvalue weighted by Crippen LogP contribution is 2.34. The summed E-state index contributed by atoms with van der Waals surface area (Å²) in [5.74, 6) is 1.08. The van der Waals surface area contributed by atoms with Crippen molar-refractivity contribution < 1.29 is 9.32 Å². The molecule has 110 valence electrons. The number of anilines is 1. The molecule has 3 rings (SSSR count). The van der Waals surface area contributed by atoms with E-state index in [2.05, 4.69) is 39.6 Å². The summed E-state index contributed by atoms with van der Waals surface area (Å²) < 4.78 is 4.94. The summed E-state index contributed by atoms with van der Waals surface area (Å²) in [4.78, 5) is 14.2. The number of hydrogen-bond donors (Lipinski definition) is 1. The molecule has 1 N–H and O–H groups in total. The summed E-state index contributed by atoms with van der Waals surface area (Å²) in [7, 11) is 1.99. The maximum absolute atomic E-state index is 12.1. The van der Waals surface area contributed by atoms with Crippen LogP contribution in [0.15, 0.2) is 34.9 Å². The molecule has 21 heavy (non-hydrogen) atoms. The van der Waals surface area contributed by atoms with Crippen LogP contribution < -0.4 is 5.32 Å². The van der Waals surface area contributed by atoms with Gasteiger partial charge in [-0.05, 0) is 37.9 Å². The number of aryl methyl sites for hydroxylation is 2. The van der Waals surface area contributed by atoms with Crippen molar-refractivity contribution in [2.45, 2.75) is 25.8 Å². The Morgan fingerprint density at radius 1 is 1.48 bits per heavy atom. The number of nitrogens with one attached hydrogen (secondary N) is 1. The molecule has 1 aromatic heterocycles. The Bertz CT molecular complexity index is 650. The first-order valence-corrected chi connectivity index (χ1v) is 7.14. The van der Waals surface area contributed by atoms with E-state index in [0.717, 1.165) is 12.8 Å². The third-order valence-electron chi connectivity index (χ3n) is 3.92. The molecule has 1 atom stereocenters. The Kier molecular flexibility index (Phi) is 3.75. The predicted octanol–water partition coefficient (Wildman–Crippen LogP) is 2.54. The van der Waals surface area contributed by atoms with Gasteiger partial charge < -0.3 is 9.84 Å². The molecule has 0 saturated carbocycles. The number of fused-ring (bicyclic) bond motifs is 1. The average Bonchev–Trinajstić information content (AvgIpc) is 3.04. The van der Waals surface area contributed by atoms with Gasteiger partial charge in [0.25, 0.3) is 0 Å². The summed E-state index contributed by atoms with van der Waals surface area (Å²) in [6.07, 6.45) is 2.14. The Labute approximate surface area is 123 Å². The number of hydrogen-bond acceptors (Lipinski definition) is 4. The predicted molar refractivity (Wildman–Crippen MR) is 80.0 cm³/mol. The van der Waals surface area contributed by atoms with Crippen molar-refractivity contribution in [3.05, 3.63) is 47.2 Å². The van der Waals surface area contributed by atoms with E-state index in [4.69, 9.17) is 4.52 Å². The van der Waals surface area contributed by atoms with Gasteiger partial charge in [-0.3, -0.25) is 9.69 Å². The molecule has 1 amide bonds. The standard InChI is InChI=1S/C16H19N3O2/c1-11-9-15(18-21-11)17-16(20)10-19(2)14-8-7-12-5-3-4-6-13(12)14/h3-6,9,14H,7-8,10H2,1-2H3,(H,17,18,20). The molecule has 0 bridgehead atoms. The fourth-order valence-corrected chi connectivity index (χ4v) is 2.94. The van der Waals surface area contributed by atoms with Gasteiger partial charge in [0.05, 0.1) is 6.54 Å². The van der Waals surface area contributed by atoms with Crippen molar-refractivity contribution in [3.63, 3.8) is 0 Å². The van der Waals surface area contributed by atoms with Crippen LogP contribution in [0, 0.1) is 6.92 Å². The number of carbonyl (C=O) groups is 1. The van der Waals surface area contributed by atoms with E-state index in [1.54, 1.807) is 13.0 Å². The van der Waals surface area contributed by atoms with Crippen LogP contribution in [0.4, 0.5) is 5.82 Å². The van der Waals surface area contributed by atoms with Gasteiger partial charge in [-0.25, -0.2) is 0 Å². The highest BCUT2D eigenvalue weighted by atomic mass is 16.5. The molecule has 0 aliphatic heterocycles. The van der Waals surface area contributed by atoms with Crippen LogP contribution in [-0.4, -0.2) is 29.6 Å². The van der Waals surface area contributed by atoms with Crippen molar-refractivity contribution in [3.8, 4) is 0 Å². The van der Waals surface area contributed by atoms with Crippen molar-refractivity contribution in [1.82, 2.24) is 10.1 Å². The van der Waals surface area contributed by atoms with E-state index < -0.39 is 0 Å². The number of benzene rings is 1. The van der Waals surface area contributed by atoms with Crippen LogP contribution in [0.2, 0.25) is 0 Å². The van der Waals surface area contributed by atoms with Crippen LogP contribution in [0.5, 0.6) is 0 Å². The quantitative estimate of drug-likeness (QED) is 0.938. The van der Waals surface area contributed by atoms with Crippen LogP contribution in [0.1, 0.15) is 29.3 Å². The van der Waals surface area contributed by atoms with Gasteiger partial charge >= 0.3 is 0 Å². The highest BCUT2D eigenvalue weighted by Gasteiger charge is 2.26. The second-order valence-corrected chi connectivity index (χ2v) is 5.54. The molecule has 5 heteroatoms. The Morgan fingerprint density at radius 2 is 2.29 bits per heavy atom. The normalized spacial score (nSPS) is 17.0. The molecule has 0 saturated heterocycles. The number of likely N-dealkylation sites (N-methyl/N-ethyl adjacent to an activating group) is 1. The summed E-state index contributed by atoms with van der Waals surface area (Å²) in [5, 5.41) is 6.53. The van der Waals surface area contributed by atoms with Crippen LogP contribution in [0.3, 0.4) is 0 Å². The number of aromatic nitrogens is 1. The summed E-state index contributed by atoms with van der Waals surface area (Å²) in [6.45, 7) is 2.13. The maximum atomic E-state index is 12.1. The zero-order chi connectivity index (χ0) is 14.8. The second-order valence-electron chi connectivity index (χ2n) is 5.54. The molecular weight excluding hydrogens is 266 g/mol. The van der Waals surface area contributed by atoms with Gasteiger partial charge in [-0.2, -0.15) is 0 Å². The molecule has 5 nitrogen and oxygen atoms in total. The first kappa shape index (κ1) is 13.8. The van der Waals surface area contributed by atoms with Gasteiger partial charge in [0.2, 0.25) is 5.91 Å². The van der Waals surface area contributed by atoms with Crippen molar-refractivity contribution >= 4 is 11.7 Å². The molecule has 0 fully saturated rings. The van der Waals surface area contributed by atoms with E-state index in [0.29, 0.717) is 24.2 Å². The van der Waals surface area contributed by atoms with Gasteiger partial charge in [0.1, 0.15) is 5.76 Å². The fourth-order valence-electron chi connectivity index (χ4n) is 2.94. The lowest BCUT2D eigenvalue weighted by atomic mass is 10.1. The Hall–Kier alpha value is -2.14. The largest absolute Gasteiger partial charge is 0.360 e. The number of rotatable bonds is 4. The molecule has 1 aliphatic carbocycles. The Balaban J connectivity index is 1.62. The number of amides is 1. The number of nitrogens with zero attached hydrogens (tertiary/aromatic N) is 2. The minimum atomic E-state index is -0.0739. The molecule has 0 spiro atoms. The topological polar surface area (TPSA) is 58.4 Å². The maximum Gasteiger partial charge on any atom is 0.239 e. The van der Waals surface area contributed by atoms with Crippen LogP contribution in [0.25, 0.3) is 0 Å². The molecule has 1 heterocycles. The first-order chi connectivity index (χ1) is 10.1. The van der Waals surface area contributed by atoms with E-state index in [-0.39, 0.29) is 5.91 Å². The van der Waals surface area contributed by atoms with Crippen molar-refractivity contribution in [2.75, 3.05) is 18.9 Å². The van der Waals surface area contributed by atoms with E-state index >= 15 is 0 Å². The van der Waals surface area contributed by atoms with Crippen molar-refractivity contribution in [2.24, 2.45) is 0 Å². The number of carbonyl (C=O) groups excluding carboxylic acids is 1. The van der Waals surface area contributed by atoms with Crippen LogP contribution in [-0.2, 0) is 11.2 Å². The minimum absolute atomic E-state index is 0.0739. The highest BCUT2D eigenvalue weighted by molar-refractivity contribution is 5.91. The lowest BCUT2D eigenvalue weighted by Crippen LogP contribution is -2.32. The van der Waals surface area contributed by atoms with E-state index in [1.807, 2.05) is 7.05 Å². The fraction of sp³-hybridized carbons (Fsp3) is 0.375. The second kappa shape index (κ2) is 5.69. The smallest absolute Gasteiger partial charge is 0.239 e. The molecule has 2 aromatic rings. The van der Waals surface area contributed by atoms with Gasteiger partial charge in [0.15, 0.2) is 5.82 Å². The molecule has 1 unspecified atom stereocenters. The first-order valence-electron chi connectivity index (χ1n) is 7.14. The monoisotopic (exact) mass is 285 g/mol. The van der Waals surface area contributed by atoms with Gasteiger partial charge in [-0.1, -0.05) is 29.4 Å². The molecule has 1 aromatic carbocycles. The zero-order valence-corrected chi connectivity index (χ0v) is 12.3. The lowest BCUT2D eigenvalue weighted by Gasteiger charge is -2.24. The summed E-state index contributed by atoms with van der Waals surface area (Å²) >= 11 is 0. The SMILES string of the molecule is Cc1cc(NC(=O)CN(C)C2CCc3ccccc32)no1.